The summed E-state index contributed by atoms with van der Waals surface area (Å²) in [5, 5.41) is 7.62. The summed E-state index contributed by atoms with van der Waals surface area (Å²) in [5.74, 6) is 1.44. The summed E-state index contributed by atoms with van der Waals surface area (Å²) in [6.07, 6.45) is 3.79. The monoisotopic (exact) mass is 388 g/mol. The Morgan fingerprint density at radius 1 is 1.43 bits per heavy atom. The van der Waals surface area contributed by atoms with Crippen LogP contribution in [0.4, 0.5) is 0 Å². The van der Waals surface area contributed by atoms with Crippen molar-refractivity contribution in [3.63, 3.8) is 0 Å². The lowest BCUT2D eigenvalue weighted by Gasteiger charge is -2.27. The number of nitrogens with zero attached hydrogens (tertiary/aromatic N) is 4. The number of aryl methyl sites for hydroxylation is 2. The molecule has 1 amide bonds. The zero-order chi connectivity index (χ0) is 20.1. The number of nitrogens with one attached hydrogen (secondary N) is 2. The van der Waals surface area contributed by atoms with E-state index in [0.717, 1.165) is 49.6 Å². The van der Waals surface area contributed by atoms with Crippen LogP contribution in [0.5, 0.6) is 0 Å². The van der Waals surface area contributed by atoms with Gasteiger partial charge in [-0.2, -0.15) is 5.10 Å². The van der Waals surface area contributed by atoms with Crippen molar-refractivity contribution < 1.29 is 9.53 Å². The average molecular weight is 389 g/mol. The first-order valence-electron chi connectivity index (χ1n) is 10.1. The Labute approximate surface area is 166 Å². The van der Waals surface area contributed by atoms with Crippen molar-refractivity contribution in [1.29, 1.82) is 0 Å². The molecule has 28 heavy (non-hydrogen) atoms. The first-order chi connectivity index (χ1) is 13.5. The normalized spacial score (nSPS) is 14.5. The van der Waals surface area contributed by atoms with E-state index in [1.54, 1.807) is 7.11 Å². The van der Waals surface area contributed by atoms with Crippen LogP contribution in [0.1, 0.15) is 53.5 Å². The van der Waals surface area contributed by atoms with Crippen LogP contribution in [-0.4, -0.2) is 57.4 Å². The summed E-state index contributed by atoms with van der Waals surface area (Å²) in [6.45, 7) is 10.6. The van der Waals surface area contributed by atoms with Gasteiger partial charge in [0, 0.05) is 62.9 Å². The summed E-state index contributed by atoms with van der Waals surface area (Å²) in [4.78, 5) is 22.8. The van der Waals surface area contributed by atoms with Crippen LogP contribution in [0, 0.1) is 12.8 Å². The number of carbonyl (C=O) groups excluding carboxylic acids is 1. The Morgan fingerprint density at radius 2 is 2.25 bits per heavy atom. The summed E-state index contributed by atoms with van der Waals surface area (Å²) in [6, 6.07) is 0. The predicted molar refractivity (Wildman–Crippen MR) is 107 cm³/mol. The SMILES string of the molecule is COCCNC(=O)c1nn(CCC(C)C)c2c1CN(Cc1ncc(C)[nH]1)CC2. The van der Waals surface area contributed by atoms with Crippen molar-refractivity contribution in [1.82, 2.24) is 30.0 Å². The zero-order valence-corrected chi connectivity index (χ0v) is 17.4. The topological polar surface area (TPSA) is 88.1 Å². The number of fused-ring (bicyclic) bond motifs is 1. The van der Waals surface area contributed by atoms with Crippen LogP contribution in [0.3, 0.4) is 0 Å². The van der Waals surface area contributed by atoms with E-state index in [2.05, 4.69) is 38.7 Å². The standard InChI is InChI=1S/C20H32N6O2/c1-14(2)5-9-26-17-6-8-25(13-18-22-11-15(3)23-18)12-16(17)19(24-26)20(27)21-7-10-28-4/h11,14H,5-10,12-13H2,1-4H3,(H,21,27)(H,22,23). The number of imidazole rings is 1. The number of aromatic amines is 1. The molecule has 0 saturated carbocycles. The molecule has 0 atom stereocenters. The summed E-state index contributed by atoms with van der Waals surface area (Å²) < 4.78 is 7.09. The van der Waals surface area contributed by atoms with E-state index in [9.17, 15) is 4.79 Å². The lowest BCUT2D eigenvalue weighted by Crippen LogP contribution is -2.33. The van der Waals surface area contributed by atoms with Crippen molar-refractivity contribution in [2.24, 2.45) is 5.92 Å². The van der Waals surface area contributed by atoms with Gasteiger partial charge in [0.2, 0.25) is 0 Å². The first-order valence-corrected chi connectivity index (χ1v) is 10.1. The lowest BCUT2D eigenvalue weighted by atomic mass is 10.0. The molecule has 0 bridgehead atoms. The fourth-order valence-corrected chi connectivity index (χ4v) is 3.54. The fraction of sp³-hybridized carbons (Fsp3) is 0.650. The van der Waals surface area contributed by atoms with Crippen LogP contribution >= 0.6 is 0 Å². The van der Waals surface area contributed by atoms with Crippen molar-refractivity contribution in [2.75, 3.05) is 26.8 Å². The molecule has 8 nitrogen and oxygen atoms in total. The van der Waals surface area contributed by atoms with Crippen molar-refractivity contribution in [2.45, 2.75) is 53.2 Å². The van der Waals surface area contributed by atoms with Crippen molar-refractivity contribution in [3.8, 4) is 0 Å². The van der Waals surface area contributed by atoms with Gasteiger partial charge < -0.3 is 15.0 Å². The van der Waals surface area contributed by atoms with Crippen LogP contribution in [0.15, 0.2) is 6.20 Å². The van der Waals surface area contributed by atoms with Gasteiger partial charge in [-0.05, 0) is 19.3 Å². The highest BCUT2D eigenvalue weighted by Gasteiger charge is 2.28. The molecule has 2 N–H and O–H groups in total. The fourth-order valence-electron chi connectivity index (χ4n) is 3.54. The van der Waals surface area contributed by atoms with E-state index in [1.165, 1.54) is 5.69 Å². The molecule has 0 spiro atoms. The molecule has 1 aliphatic rings. The molecule has 0 aliphatic carbocycles. The van der Waals surface area contributed by atoms with Gasteiger partial charge in [-0.1, -0.05) is 13.8 Å². The third-order valence-electron chi connectivity index (χ3n) is 5.07. The molecule has 0 unspecified atom stereocenters. The maximum absolute atomic E-state index is 12.7. The molecule has 154 valence electrons. The van der Waals surface area contributed by atoms with Gasteiger partial charge in [0.15, 0.2) is 5.69 Å². The Hall–Kier alpha value is -2.19. The Balaban J connectivity index is 1.78. The molecule has 3 heterocycles. The predicted octanol–water partition coefficient (Wildman–Crippen LogP) is 1.90. The minimum absolute atomic E-state index is 0.118. The quantitative estimate of drug-likeness (QED) is 0.641. The average Bonchev–Trinajstić information content (AvgIpc) is 3.23. The highest BCUT2D eigenvalue weighted by molar-refractivity contribution is 5.94. The number of hydrogen-bond donors (Lipinski definition) is 2. The number of H-pyrrole nitrogens is 1. The maximum atomic E-state index is 12.7. The molecule has 2 aromatic rings. The summed E-state index contributed by atoms with van der Waals surface area (Å²) in [5.41, 5.74) is 3.86. The molecule has 0 fully saturated rings. The van der Waals surface area contributed by atoms with E-state index in [1.807, 2.05) is 13.1 Å². The Kier molecular flexibility index (Phi) is 6.85. The number of ether oxygens (including phenoxy) is 1. The van der Waals surface area contributed by atoms with Crippen LogP contribution in [-0.2, 0) is 30.8 Å². The second-order valence-corrected chi connectivity index (χ2v) is 7.90. The van der Waals surface area contributed by atoms with E-state index in [-0.39, 0.29) is 5.91 Å². The smallest absolute Gasteiger partial charge is 0.272 e. The second kappa shape index (κ2) is 9.34. The number of carbonyl (C=O) groups is 1. The minimum Gasteiger partial charge on any atom is -0.383 e. The molecule has 3 rings (SSSR count). The highest BCUT2D eigenvalue weighted by atomic mass is 16.5. The molecular weight excluding hydrogens is 356 g/mol. The number of aromatic nitrogens is 4. The van der Waals surface area contributed by atoms with Crippen molar-refractivity contribution >= 4 is 5.91 Å². The third-order valence-corrected chi connectivity index (χ3v) is 5.07. The van der Waals surface area contributed by atoms with Gasteiger partial charge in [0.05, 0.1) is 13.2 Å². The number of amides is 1. The largest absolute Gasteiger partial charge is 0.383 e. The minimum atomic E-state index is -0.118. The van der Waals surface area contributed by atoms with E-state index in [0.29, 0.717) is 31.3 Å². The molecule has 0 aromatic carbocycles. The van der Waals surface area contributed by atoms with Crippen LogP contribution in [0.2, 0.25) is 0 Å². The Bertz CT molecular complexity index is 795. The van der Waals surface area contributed by atoms with E-state index in [4.69, 9.17) is 9.84 Å². The van der Waals surface area contributed by atoms with Gasteiger partial charge in [0.1, 0.15) is 5.82 Å². The highest BCUT2D eigenvalue weighted by Crippen LogP contribution is 2.24. The van der Waals surface area contributed by atoms with E-state index < -0.39 is 0 Å². The van der Waals surface area contributed by atoms with Crippen molar-refractivity contribution in [3.05, 3.63) is 34.7 Å². The van der Waals surface area contributed by atoms with Crippen LogP contribution < -0.4 is 5.32 Å². The second-order valence-electron chi connectivity index (χ2n) is 7.90. The maximum Gasteiger partial charge on any atom is 0.272 e. The molecule has 2 aromatic heterocycles. The summed E-state index contributed by atoms with van der Waals surface area (Å²) >= 11 is 0. The van der Waals surface area contributed by atoms with Gasteiger partial charge in [-0.3, -0.25) is 14.4 Å². The molecular formula is C20H32N6O2. The lowest BCUT2D eigenvalue weighted by molar-refractivity contribution is 0.0929. The number of methoxy groups -OCH3 is 1. The van der Waals surface area contributed by atoms with E-state index >= 15 is 0 Å². The molecule has 8 heteroatoms. The van der Waals surface area contributed by atoms with Gasteiger partial charge in [-0.25, -0.2) is 4.98 Å². The third kappa shape index (κ3) is 4.99. The van der Waals surface area contributed by atoms with Gasteiger partial charge >= 0.3 is 0 Å². The van der Waals surface area contributed by atoms with Gasteiger partial charge in [-0.15, -0.1) is 0 Å². The Morgan fingerprint density at radius 3 is 2.93 bits per heavy atom. The van der Waals surface area contributed by atoms with Gasteiger partial charge in [0.25, 0.3) is 5.91 Å². The first kappa shape index (κ1) is 20.5. The number of rotatable bonds is 9. The molecule has 0 radical (unpaired) electrons. The molecule has 0 saturated heterocycles. The summed E-state index contributed by atoms with van der Waals surface area (Å²) in [7, 11) is 1.63. The molecule has 1 aliphatic heterocycles. The number of hydrogen-bond acceptors (Lipinski definition) is 5. The van der Waals surface area contributed by atoms with Crippen LogP contribution in [0.25, 0.3) is 0 Å². The zero-order valence-electron chi connectivity index (χ0n) is 17.4.